The first-order chi connectivity index (χ1) is 10.2. The van der Waals surface area contributed by atoms with Gasteiger partial charge in [0.05, 0.1) is 13.2 Å². The monoisotopic (exact) mass is 340 g/mol. The van der Waals surface area contributed by atoms with Crippen molar-refractivity contribution in [1.82, 2.24) is 5.32 Å². The van der Waals surface area contributed by atoms with Crippen molar-refractivity contribution in [3.8, 4) is 0 Å². The van der Waals surface area contributed by atoms with Gasteiger partial charge in [0, 0.05) is 6.92 Å². The van der Waals surface area contributed by atoms with Gasteiger partial charge in [-0.2, -0.15) is 0 Å². The van der Waals surface area contributed by atoms with E-state index in [1.807, 2.05) is 0 Å². The van der Waals surface area contributed by atoms with E-state index in [0.29, 0.717) is 0 Å². The van der Waals surface area contributed by atoms with Crippen LogP contribution in [-0.4, -0.2) is 72.9 Å². The molecule has 1 aliphatic rings. The summed E-state index contributed by atoms with van der Waals surface area (Å²) in [5.74, 6) is -0.590. The van der Waals surface area contributed by atoms with E-state index < -0.39 is 53.6 Å². The number of nitrogens with one attached hydrogen (secondary N) is 1. The van der Waals surface area contributed by atoms with E-state index >= 15 is 0 Å². The highest BCUT2D eigenvalue weighted by Gasteiger charge is 2.47. The van der Waals surface area contributed by atoms with E-state index in [9.17, 15) is 22.9 Å². The van der Waals surface area contributed by atoms with E-state index in [1.54, 1.807) is 0 Å². The van der Waals surface area contributed by atoms with Crippen LogP contribution in [0.15, 0.2) is 12.7 Å². The number of carbonyl (C=O) groups excluding carboxylic acids is 1. The molecule has 5 atom stereocenters. The Morgan fingerprint density at radius 2 is 2.18 bits per heavy atom. The number of hydrogen-bond acceptors (Lipinski definition) is 9. The van der Waals surface area contributed by atoms with E-state index in [-0.39, 0.29) is 6.61 Å². The van der Waals surface area contributed by atoms with Gasteiger partial charge in [0.25, 0.3) is 0 Å². The van der Waals surface area contributed by atoms with E-state index in [2.05, 4.69) is 16.1 Å². The Kier molecular flexibility index (Phi) is 6.87. The van der Waals surface area contributed by atoms with Gasteiger partial charge >= 0.3 is 0 Å². The van der Waals surface area contributed by atoms with E-state index in [4.69, 9.17) is 14.6 Å². The van der Waals surface area contributed by atoms with Crippen molar-refractivity contribution >= 4 is 16.3 Å². The van der Waals surface area contributed by atoms with Gasteiger partial charge in [-0.15, -0.1) is 6.58 Å². The molecule has 0 bridgehead atoms. The molecule has 0 spiro atoms. The molecular weight excluding hydrogens is 322 g/mol. The van der Waals surface area contributed by atoms with Crippen LogP contribution in [0.3, 0.4) is 0 Å². The second-order valence-corrected chi connectivity index (χ2v) is 5.54. The summed E-state index contributed by atoms with van der Waals surface area (Å²) in [5, 5.41) is 21.4. The summed E-state index contributed by atoms with van der Waals surface area (Å²) < 4.78 is 47.3. The number of aliphatic hydroxyl groups excluding tert-OH is 2. The first kappa shape index (κ1) is 19.0. The van der Waals surface area contributed by atoms with Crippen LogP contribution in [0.1, 0.15) is 6.92 Å². The maximum Gasteiger partial charge on any atom is 0.218 e. The molecule has 0 radical (unpaired) electrons. The third-order valence-electron chi connectivity index (χ3n) is 2.83. The topological polar surface area (TPSA) is 154 Å². The highest BCUT2D eigenvalue weighted by molar-refractivity contribution is 7.80. The molecule has 0 aromatic rings. The Bertz CT molecular complexity index is 494. The van der Waals surface area contributed by atoms with Crippen LogP contribution in [0.25, 0.3) is 0 Å². The van der Waals surface area contributed by atoms with Crippen molar-refractivity contribution in [2.45, 2.75) is 37.6 Å². The Morgan fingerprint density at radius 3 is 2.64 bits per heavy atom. The summed E-state index contributed by atoms with van der Waals surface area (Å²) in [4.78, 5) is 11.2. The standard InChI is InChI=1S/C11H19NO9S/c1-3-4-19-11-8(12-6(2)14)10(21-22(16,17)18)9(15)7(5-13)20-11/h3,7-11,13,15H,1,4-5H2,2H3,(H,12,14)(H,16,17,18)/p-1/t7-,8-,9-,10-,11-/m1/s1. The molecule has 10 nitrogen and oxygen atoms in total. The number of ether oxygens (including phenoxy) is 2. The van der Waals surface area contributed by atoms with Crippen molar-refractivity contribution in [2.24, 2.45) is 0 Å². The SMILES string of the molecule is C=CCO[C@@H]1O[C@H](CO)[C@@H](O)[C@H](OS(=O)(=O)[O-])[C@H]1NC(C)=O. The zero-order valence-electron chi connectivity index (χ0n) is 11.7. The van der Waals surface area contributed by atoms with E-state index in [0.717, 1.165) is 6.92 Å². The number of hydrogen-bond donors (Lipinski definition) is 3. The maximum atomic E-state index is 11.2. The van der Waals surface area contributed by atoms with Crippen LogP contribution in [0.5, 0.6) is 0 Å². The van der Waals surface area contributed by atoms with Crippen LogP contribution in [0.4, 0.5) is 0 Å². The molecule has 11 heteroatoms. The van der Waals surface area contributed by atoms with Crippen molar-refractivity contribution in [2.75, 3.05) is 13.2 Å². The van der Waals surface area contributed by atoms with Crippen molar-refractivity contribution < 1.29 is 41.6 Å². The van der Waals surface area contributed by atoms with Gasteiger partial charge in [0.1, 0.15) is 24.4 Å². The van der Waals surface area contributed by atoms with Crippen LogP contribution in [-0.2, 0) is 28.9 Å². The van der Waals surface area contributed by atoms with Gasteiger partial charge in [0.15, 0.2) is 6.29 Å². The number of aliphatic hydroxyl groups is 2. The van der Waals surface area contributed by atoms with Gasteiger partial charge in [-0.1, -0.05) is 6.08 Å². The van der Waals surface area contributed by atoms with Crippen LogP contribution in [0, 0.1) is 0 Å². The fraction of sp³-hybridized carbons (Fsp3) is 0.727. The van der Waals surface area contributed by atoms with Crippen molar-refractivity contribution in [3.63, 3.8) is 0 Å². The molecule has 0 saturated carbocycles. The molecule has 0 aliphatic carbocycles. The van der Waals surface area contributed by atoms with Gasteiger partial charge in [-0.25, -0.2) is 8.42 Å². The first-order valence-corrected chi connectivity index (χ1v) is 7.61. The second kappa shape index (κ2) is 7.97. The first-order valence-electron chi connectivity index (χ1n) is 6.27. The van der Waals surface area contributed by atoms with Gasteiger partial charge in [0.2, 0.25) is 16.3 Å². The number of amides is 1. The predicted octanol–water partition coefficient (Wildman–Crippen LogP) is -2.38. The Hall–Kier alpha value is -1.08. The van der Waals surface area contributed by atoms with Crippen molar-refractivity contribution in [1.29, 1.82) is 0 Å². The largest absolute Gasteiger partial charge is 0.726 e. The molecular formula is C11H18NO9S-. The summed E-state index contributed by atoms with van der Waals surface area (Å²) >= 11 is 0. The Balaban J connectivity index is 3.09. The molecule has 0 unspecified atom stereocenters. The van der Waals surface area contributed by atoms with Crippen LogP contribution >= 0.6 is 0 Å². The summed E-state index contributed by atoms with van der Waals surface area (Å²) in [6.07, 6.45) is -4.49. The molecule has 1 fully saturated rings. The summed E-state index contributed by atoms with van der Waals surface area (Å²) in [5.41, 5.74) is 0. The molecule has 0 aromatic carbocycles. The molecule has 128 valence electrons. The third-order valence-corrected chi connectivity index (χ3v) is 3.29. The molecule has 1 aliphatic heterocycles. The zero-order chi connectivity index (χ0) is 16.9. The third kappa shape index (κ3) is 5.28. The van der Waals surface area contributed by atoms with Gasteiger partial charge < -0.3 is 29.6 Å². The molecule has 22 heavy (non-hydrogen) atoms. The van der Waals surface area contributed by atoms with Crippen LogP contribution in [0.2, 0.25) is 0 Å². The molecule has 1 saturated heterocycles. The highest BCUT2D eigenvalue weighted by Crippen LogP contribution is 2.25. The zero-order valence-corrected chi connectivity index (χ0v) is 12.6. The smallest absolute Gasteiger partial charge is 0.218 e. The van der Waals surface area contributed by atoms with Crippen molar-refractivity contribution in [3.05, 3.63) is 12.7 Å². The molecule has 0 aromatic heterocycles. The lowest BCUT2D eigenvalue weighted by Gasteiger charge is -2.43. The lowest BCUT2D eigenvalue weighted by molar-refractivity contribution is -0.263. The Labute approximate surface area is 127 Å². The molecule has 1 heterocycles. The molecule has 1 rings (SSSR count). The fourth-order valence-electron chi connectivity index (χ4n) is 2.01. The summed E-state index contributed by atoms with van der Waals surface area (Å²) in [6.45, 7) is 3.85. The van der Waals surface area contributed by atoms with Crippen LogP contribution < -0.4 is 5.32 Å². The fourth-order valence-corrected chi connectivity index (χ4v) is 2.52. The summed E-state index contributed by atoms with van der Waals surface area (Å²) in [7, 11) is -5.18. The lowest BCUT2D eigenvalue weighted by Crippen LogP contribution is -2.65. The maximum absolute atomic E-state index is 11.2. The summed E-state index contributed by atoms with van der Waals surface area (Å²) in [6, 6.07) is -1.28. The minimum atomic E-state index is -5.18. The average molecular weight is 340 g/mol. The predicted molar refractivity (Wildman–Crippen MR) is 70.1 cm³/mol. The van der Waals surface area contributed by atoms with E-state index in [1.165, 1.54) is 6.08 Å². The minimum absolute atomic E-state index is 0.0220. The quantitative estimate of drug-likeness (QED) is 0.262. The highest BCUT2D eigenvalue weighted by atomic mass is 32.3. The number of rotatable bonds is 7. The second-order valence-electron chi connectivity index (χ2n) is 4.53. The lowest BCUT2D eigenvalue weighted by atomic mass is 9.97. The van der Waals surface area contributed by atoms with Gasteiger partial charge in [-0.05, 0) is 0 Å². The minimum Gasteiger partial charge on any atom is -0.726 e. The van der Waals surface area contributed by atoms with Gasteiger partial charge in [-0.3, -0.25) is 8.98 Å². The molecule has 1 amide bonds. The number of carbonyl (C=O) groups is 1. The average Bonchev–Trinajstić information content (AvgIpc) is 2.40. The normalized spacial score (nSPS) is 32.5. The Morgan fingerprint density at radius 1 is 1.55 bits per heavy atom. The molecule has 3 N–H and O–H groups in total.